The second-order valence-corrected chi connectivity index (χ2v) is 40.8. The molecule has 0 saturated carbocycles. The number of nitriles is 1. The number of aromatic nitrogens is 21. The molecule has 0 spiro atoms. The first-order valence-electron chi connectivity index (χ1n) is 34.6. The number of hydrogen-bond acceptors (Lipinski definition) is 20. The summed E-state index contributed by atoms with van der Waals surface area (Å²) >= 11 is 4.60. The van der Waals surface area contributed by atoms with Gasteiger partial charge in [-0.1, -0.05) is 104 Å². The molecule has 0 atom stereocenters. The van der Waals surface area contributed by atoms with Crippen molar-refractivity contribution >= 4 is 114 Å². The van der Waals surface area contributed by atoms with Gasteiger partial charge < -0.3 is 18.2 Å². The summed E-state index contributed by atoms with van der Waals surface area (Å²) in [5, 5.41) is 31.0. The minimum atomic E-state index is -1.61. The Hall–Kier alpha value is -8.76. The van der Waals surface area contributed by atoms with Crippen molar-refractivity contribution in [3.63, 3.8) is 0 Å². The Balaban J connectivity index is 0.000000163. The van der Waals surface area contributed by atoms with E-state index in [1.165, 1.54) is 45.8 Å². The van der Waals surface area contributed by atoms with Gasteiger partial charge >= 0.3 is 0 Å². The number of para-hydroxylation sites is 2. The van der Waals surface area contributed by atoms with Crippen LogP contribution in [-0.2, 0) is 115 Å². The third kappa shape index (κ3) is 19.1. The van der Waals surface area contributed by atoms with Gasteiger partial charge in [-0.15, -0.1) is 113 Å². The molecule has 0 aliphatic carbocycles. The molecule has 585 valence electrons. The van der Waals surface area contributed by atoms with Crippen molar-refractivity contribution in [3.05, 3.63) is 228 Å². The fraction of sp³-hybridized carbons (Fsp3) is 0.200. The smallest absolute Gasteiger partial charge is 0.172 e. The molecular formula is C80H73Ir5N22OS3Si2-5. The summed E-state index contributed by atoms with van der Waals surface area (Å²) in [5.74, 6) is 5.71. The van der Waals surface area contributed by atoms with E-state index in [4.69, 9.17) is 14.6 Å². The van der Waals surface area contributed by atoms with E-state index in [-0.39, 0.29) is 101 Å². The van der Waals surface area contributed by atoms with Gasteiger partial charge in [-0.05, 0) is 120 Å². The number of hydrogen-bond donors (Lipinski definition) is 0. The zero-order valence-electron chi connectivity index (χ0n) is 63.8. The molecule has 0 N–H and O–H groups in total. The van der Waals surface area contributed by atoms with Crippen LogP contribution in [0.4, 0.5) is 0 Å². The summed E-state index contributed by atoms with van der Waals surface area (Å²) in [6.45, 7) is 28.8. The molecule has 23 nitrogen and oxygen atoms in total. The molecular weight excluding hydrogens is 2400 g/mol. The van der Waals surface area contributed by atoms with Crippen molar-refractivity contribution in [2.75, 3.05) is 0 Å². The SMILES string of the molecule is Cc1cccc(-n2ncnc2-c2[c-]cc3nc(C)n(C(C)C)c3c2)c1.Cc1nc2c[c-]c(-c3ncns3)cc2n1C.Cc1nc2cc(-c3ncnn3-c3c([Si](C)(C)C)cccc3[Si](C)(C)C)[c-]cc2n1C.Cc1nc2cc(-c3ncno3)[c-]cc2s1.N#Cc1ccccc1-n1ncnc1-c1[c-]cc2scnc2c1.[Ir].[Ir].[Ir].[Ir].[Ir]. The summed E-state index contributed by atoms with van der Waals surface area (Å²) < 4.78 is 23.1. The number of aryl methyl sites for hydroxylation is 7. The fourth-order valence-electron chi connectivity index (χ4n) is 12.6. The Bertz CT molecular complexity index is 6290. The molecule has 0 fully saturated rings. The average Bonchev–Trinajstić information content (AvgIpc) is 1.76. The van der Waals surface area contributed by atoms with Crippen LogP contribution in [0.3, 0.4) is 0 Å². The minimum Gasteiger partial charge on any atom is -0.382 e. The van der Waals surface area contributed by atoms with Crippen LogP contribution in [0.25, 0.3) is 127 Å². The van der Waals surface area contributed by atoms with Gasteiger partial charge in [0.05, 0.1) is 89.2 Å². The Kier molecular flexibility index (Phi) is 29.4. The first-order chi connectivity index (χ1) is 52.0. The summed E-state index contributed by atoms with van der Waals surface area (Å²) in [7, 11) is 0.825. The van der Waals surface area contributed by atoms with Crippen molar-refractivity contribution in [2.24, 2.45) is 14.1 Å². The van der Waals surface area contributed by atoms with Crippen LogP contribution < -0.4 is 10.4 Å². The molecule has 33 heteroatoms. The quantitative estimate of drug-likeness (QED) is 0.0861. The molecule has 8 aromatic carbocycles. The van der Waals surface area contributed by atoms with E-state index in [9.17, 15) is 5.26 Å². The molecule has 10 aromatic heterocycles. The molecule has 18 aromatic rings. The van der Waals surface area contributed by atoms with Crippen molar-refractivity contribution in [3.8, 4) is 79.3 Å². The van der Waals surface area contributed by atoms with E-state index in [2.05, 4.69) is 228 Å². The molecule has 0 bridgehead atoms. The molecule has 0 amide bonds. The monoisotopic (exact) mass is 2470 g/mol. The number of thiazole rings is 2. The third-order valence-corrected chi connectivity index (χ3v) is 24.5. The summed E-state index contributed by atoms with van der Waals surface area (Å²) in [5.41, 5.74) is 18.8. The molecule has 0 aliphatic heterocycles. The maximum absolute atomic E-state index is 9.26. The first-order valence-corrected chi connectivity index (χ1v) is 44.0. The van der Waals surface area contributed by atoms with Crippen molar-refractivity contribution < 1.29 is 105 Å². The zero-order chi connectivity index (χ0) is 75.7. The van der Waals surface area contributed by atoms with Crippen LogP contribution in [-0.4, -0.2) is 119 Å². The van der Waals surface area contributed by atoms with Gasteiger partial charge in [0.2, 0.25) is 0 Å². The van der Waals surface area contributed by atoms with E-state index in [1.807, 2.05) is 119 Å². The molecule has 10 heterocycles. The fourth-order valence-corrected chi connectivity index (χ4v) is 17.8. The first kappa shape index (κ1) is 88.2. The van der Waals surface area contributed by atoms with Crippen LogP contribution >= 0.6 is 34.2 Å². The molecule has 18 rings (SSSR count). The normalized spacial score (nSPS) is 11.0. The predicted octanol–water partition coefficient (Wildman–Crippen LogP) is 16.2. The predicted molar refractivity (Wildman–Crippen MR) is 433 cm³/mol. The van der Waals surface area contributed by atoms with Crippen LogP contribution in [0.2, 0.25) is 39.3 Å². The van der Waals surface area contributed by atoms with E-state index >= 15 is 0 Å². The van der Waals surface area contributed by atoms with Crippen molar-refractivity contribution in [1.82, 2.24) is 102 Å². The van der Waals surface area contributed by atoms with Crippen LogP contribution in [0.5, 0.6) is 0 Å². The second kappa shape index (κ2) is 37.7. The standard InChI is InChI=1S/C23H30N5Si2.C20H20N5.C16H8N5S.C11H9N4S.C10H6N3OS.5Ir/c1-16-26-18-14-17(12-13-19(18)27(16)2)23-24-15-25-28(23)22-20(29(3,4)5)10-9-11-21(22)30(6,7)8;1-13(2)24-15(4)23-18-9-8-16(11-19(18)24)20-21-12-22-25(20)17-7-5-6-14(3)10-17;17-8-12-3-1-2-4-14(12)21-16(18-9-20-21)11-5-6-15-13(7-11)19-10-22-15;1-7-14-9-4-3-8(5-10(9)15(7)2)11-12-6-13-16-11;1-6-13-8-4-7(2-3-9(8)15-6)10-11-5-12-14-10;;;;;/h9-11,13-15H,1-8H3;5-7,9-13H,1-4H3;1-4,6-7,9-10H;4-6H,1-2H3;3-5H,1H3;;;;;/q5*-1;;;;;. The molecule has 0 saturated heterocycles. The average molecular weight is 2470 g/mol. The Morgan fingerprint density at radius 2 is 1.04 bits per heavy atom. The minimum absolute atomic E-state index is 0. The topological polar surface area (TPSA) is 260 Å². The molecule has 5 radical (unpaired) electrons. The largest absolute Gasteiger partial charge is 0.382 e. The van der Waals surface area contributed by atoms with Gasteiger partial charge in [0.1, 0.15) is 37.7 Å². The van der Waals surface area contributed by atoms with Gasteiger partial charge in [0.25, 0.3) is 0 Å². The van der Waals surface area contributed by atoms with Crippen LogP contribution in [0.1, 0.15) is 53.5 Å². The molecule has 0 unspecified atom stereocenters. The van der Waals surface area contributed by atoms with Gasteiger partial charge in [-0.3, -0.25) is 58.9 Å². The number of benzene rings is 8. The van der Waals surface area contributed by atoms with Crippen molar-refractivity contribution in [2.45, 2.75) is 93.8 Å². The molecule has 113 heavy (non-hydrogen) atoms. The number of imidazole rings is 3. The zero-order valence-corrected chi connectivity index (χ0v) is 80.2. The van der Waals surface area contributed by atoms with E-state index < -0.39 is 16.1 Å². The van der Waals surface area contributed by atoms with Gasteiger partial charge in [-0.25, -0.2) is 4.98 Å². The Morgan fingerprint density at radius 1 is 0.487 bits per heavy atom. The van der Waals surface area contributed by atoms with E-state index in [1.54, 1.807) is 57.9 Å². The number of fused-ring (bicyclic) bond motifs is 5. The van der Waals surface area contributed by atoms with Crippen LogP contribution in [0, 0.1) is 76.3 Å². The maximum atomic E-state index is 9.26. The van der Waals surface area contributed by atoms with E-state index in [0.717, 1.165) is 126 Å². The Morgan fingerprint density at radius 3 is 1.70 bits per heavy atom. The number of rotatable bonds is 11. The number of nitrogens with zero attached hydrogens (tertiary/aromatic N) is 22. The summed E-state index contributed by atoms with van der Waals surface area (Å²) in [4.78, 5) is 44.1. The Labute approximate surface area is 735 Å². The van der Waals surface area contributed by atoms with Crippen LogP contribution in [0.15, 0.2) is 169 Å². The summed E-state index contributed by atoms with van der Waals surface area (Å²) in [6, 6.07) is 60.8. The third-order valence-electron chi connectivity index (χ3n) is 18.0. The maximum Gasteiger partial charge on any atom is 0.172 e. The molecule has 0 aliphatic rings. The van der Waals surface area contributed by atoms with Crippen molar-refractivity contribution in [1.29, 1.82) is 5.26 Å². The van der Waals surface area contributed by atoms with Gasteiger partial charge in [0.15, 0.2) is 5.89 Å². The second-order valence-electron chi connectivity index (χ2n) is 27.8. The van der Waals surface area contributed by atoms with E-state index in [0.29, 0.717) is 29.0 Å². The van der Waals surface area contributed by atoms with Gasteiger partial charge in [0, 0.05) is 143 Å². The summed E-state index contributed by atoms with van der Waals surface area (Å²) in [6.07, 6.45) is 7.65. The van der Waals surface area contributed by atoms with Gasteiger partial charge in [-0.2, -0.15) is 47.6 Å².